The summed E-state index contributed by atoms with van der Waals surface area (Å²) >= 11 is 0. The van der Waals surface area contributed by atoms with Crippen molar-refractivity contribution in [1.29, 1.82) is 0 Å². The molecular formula is C22H33N3O2. The van der Waals surface area contributed by atoms with Crippen LogP contribution >= 0.6 is 0 Å². The molecule has 0 unspecified atom stereocenters. The van der Waals surface area contributed by atoms with Gasteiger partial charge in [0.05, 0.1) is 0 Å². The Kier molecular flexibility index (Phi) is 7.41. The Bertz CT molecular complexity index is 611. The van der Waals surface area contributed by atoms with Crippen LogP contribution in [0.2, 0.25) is 0 Å². The molecule has 0 N–H and O–H groups in total. The lowest BCUT2D eigenvalue weighted by Crippen LogP contribution is -2.48. The number of hydrogen-bond donors (Lipinski definition) is 0. The number of nitrogens with zero attached hydrogens (tertiary/aromatic N) is 3. The van der Waals surface area contributed by atoms with Crippen molar-refractivity contribution in [2.45, 2.75) is 44.6 Å². The molecule has 2 heterocycles. The molecule has 0 radical (unpaired) electrons. The molecule has 2 fully saturated rings. The number of ketones is 1. The van der Waals surface area contributed by atoms with E-state index in [0.29, 0.717) is 24.4 Å². The molecular weight excluding hydrogens is 338 g/mol. The highest BCUT2D eigenvalue weighted by molar-refractivity contribution is 5.97. The van der Waals surface area contributed by atoms with Crippen molar-refractivity contribution in [3.05, 3.63) is 35.9 Å². The molecule has 5 nitrogen and oxygen atoms in total. The van der Waals surface area contributed by atoms with Crippen LogP contribution in [0.5, 0.6) is 0 Å². The van der Waals surface area contributed by atoms with E-state index in [1.165, 1.54) is 6.42 Å². The van der Waals surface area contributed by atoms with E-state index in [9.17, 15) is 9.59 Å². The van der Waals surface area contributed by atoms with Crippen molar-refractivity contribution in [1.82, 2.24) is 14.7 Å². The van der Waals surface area contributed by atoms with E-state index in [2.05, 4.69) is 21.7 Å². The van der Waals surface area contributed by atoms with Gasteiger partial charge in [0.15, 0.2) is 5.78 Å². The second-order valence-corrected chi connectivity index (χ2v) is 7.96. The third-order valence-corrected chi connectivity index (χ3v) is 5.98. The fourth-order valence-corrected chi connectivity index (χ4v) is 4.16. The zero-order valence-electron chi connectivity index (χ0n) is 16.6. The van der Waals surface area contributed by atoms with E-state index in [0.717, 1.165) is 58.5 Å². The maximum absolute atomic E-state index is 12.8. The predicted octanol–water partition coefficient (Wildman–Crippen LogP) is 2.67. The third-order valence-electron chi connectivity index (χ3n) is 5.98. The summed E-state index contributed by atoms with van der Waals surface area (Å²) in [6.45, 7) is 6.45. The van der Waals surface area contributed by atoms with Crippen LogP contribution in [0.3, 0.4) is 0 Å². The van der Waals surface area contributed by atoms with Gasteiger partial charge in [-0.05, 0) is 32.7 Å². The molecule has 0 spiro atoms. The lowest BCUT2D eigenvalue weighted by atomic mass is 9.97. The van der Waals surface area contributed by atoms with Crippen LogP contribution in [0.1, 0.15) is 48.9 Å². The minimum Gasteiger partial charge on any atom is -0.340 e. The van der Waals surface area contributed by atoms with Gasteiger partial charge in [0.2, 0.25) is 5.91 Å². The fraction of sp³-hybridized carbons (Fsp3) is 0.636. The third kappa shape index (κ3) is 5.88. The molecule has 0 bridgehead atoms. The number of carbonyl (C=O) groups is 2. The Morgan fingerprint density at radius 3 is 2.44 bits per heavy atom. The highest BCUT2D eigenvalue weighted by Crippen LogP contribution is 2.22. The Labute approximate surface area is 163 Å². The molecule has 1 atom stereocenters. The number of hydrogen-bond acceptors (Lipinski definition) is 4. The summed E-state index contributed by atoms with van der Waals surface area (Å²) < 4.78 is 0. The van der Waals surface area contributed by atoms with Crippen LogP contribution in [-0.2, 0) is 4.79 Å². The van der Waals surface area contributed by atoms with Crippen molar-refractivity contribution in [3.8, 4) is 0 Å². The Hall–Kier alpha value is -1.72. The first-order chi connectivity index (χ1) is 13.1. The number of benzene rings is 1. The van der Waals surface area contributed by atoms with Crippen molar-refractivity contribution in [3.63, 3.8) is 0 Å². The maximum atomic E-state index is 12.8. The second-order valence-electron chi connectivity index (χ2n) is 7.96. The van der Waals surface area contributed by atoms with Gasteiger partial charge < -0.3 is 14.7 Å². The number of likely N-dealkylation sites (N-methyl/N-ethyl adjacent to an activating group) is 1. The minimum atomic E-state index is 0.0648. The van der Waals surface area contributed by atoms with E-state index >= 15 is 0 Å². The topological polar surface area (TPSA) is 43.9 Å². The molecule has 1 amide bonds. The van der Waals surface area contributed by atoms with E-state index in [1.807, 2.05) is 30.3 Å². The predicted molar refractivity (Wildman–Crippen MR) is 108 cm³/mol. The molecule has 3 rings (SSSR count). The molecule has 0 aromatic heterocycles. The molecule has 5 heteroatoms. The van der Waals surface area contributed by atoms with Gasteiger partial charge in [-0.1, -0.05) is 30.3 Å². The summed E-state index contributed by atoms with van der Waals surface area (Å²) in [4.78, 5) is 32.0. The highest BCUT2D eigenvalue weighted by Gasteiger charge is 2.27. The normalized spacial score (nSPS) is 22.0. The first-order valence-corrected chi connectivity index (χ1v) is 10.4. The monoisotopic (exact) mass is 371 g/mol. The zero-order valence-corrected chi connectivity index (χ0v) is 16.6. The number of amides is 1. The zero-order chi connectivity index (χ0) is 19.1. The van der Waals surface area contributed by atoms with Crippen LogP contribution in [0.25, 0.3) is 0 Å². The number of piperidine rings is 1. The Morgan fingerprint density at radius 2 is 1.70 bits per heavy atom. The summed E-state index contributed by atoms with van der Waals surface area (Å²) in [5, 5.41) is 0. The lowest BCUT2D eigenvalue weighted by Gasteiger charge is -2.38. The fourth-order valence-electron chi connectivity index (χ4n) is 4.16. The van der Waals surface area contributed by atoms with Crippen LogP contribution in [-0.4, -0.2) is 78.7 Å². The SMILES string of the molecule is CN1CCN(CC[C@@H]2CCCCN2C(=O)CCC(=O)c2ccccc2)CC1. The van der Waals surface area contributed by atoms with E-state index in [-0.39, 0.29) is 11.7 Å². The van der Waals surface area contributed by atoms with Crippen LogP contribution in [0.4, 0.5) is 0 Å². The summed E-state index contributed by atoms with van der Waals surface area (Å²) in [6.07, 6.45) is 5.10. The first kappa shape index (κ1) is 20.0. The van der Waals surface area contributed by atoms with Crippen molar-refractivity contribution in [2.24, 2.45) is 0 Å². The number of Topliss-reactive ketones (excluding diaryl/α,β-unsaturated/α-hetero) is 1. The highest BCUT2D eigenvalue weighted by atomic mass is 16.2. The molecule has 1 aromatic rings. The van der Waals surface area contributed by atoms with Gasteiger partial charge in [-0.25, -0.2) is 0 Å². The molecule has 27 heavy (non-hydrogen) atoms. The van der Waals surface area contributed by atoms with Crippen molar-refractivity contribution >= 4 is 11.7 Å². The Balaban J connectivity index is 1.47. The first-order valence-electron chi connectivity index (χ1n) is 10.4. The van der Waals surface area contributed by atoms with Gasteiger partial charge in [-0.3, -0.25) is 9.59 Å². The summed E-state index contributed by atoms with van der Waals surface area (Å²) in [5.74, 6) is 0.220. The second kappa shape index (κ2) is 10.00. The van der Waals surface area contributed by atoms with Crippen LogP contribution in [0.15, 0.2) is 30.3 Å². The average molecular weight is 372 g/mol. The molecule has 0 saturated carbocycles. The van der Waals surface area contributed by atoms with Crippen LogP contribution in [0, 0.1) is 0 Å². The van der Waals surface area contributed by atoms with Gasteiger partial charge in [-0.15, -0.1) is 0 Å². The van der Waals surface area contributed by atoms with Gasteiger partial charge in [0.1, 0.15) is 0 Å². The van der Waals surface area contributed by atoms with E-state index in [1.54, 1.807) is 0 Å². The maximum Gasteiger partial charge on any atom is 0.223 e. The molecule has 148 valence electrons. The Morgan fingerprint density at radius 1 is 0.963 bits per heavy atom. The number of rotatable bonds is 7. The summed E-state index contributed by atoms with van der Waals surface area (Å²) in [7, 11) is 2.18. The van der Waals surface area contributed by atoms with Crippen molar-refractivity contribution in [2.75, 3.05) is 46.3 Å². The average Bonchev–Trinajstić information content (AvgIpc) is 2.72. The summed E-state index contributed by atoms with van der Waals surface area (Å²) in [6, 6.07) is 9.64. The van der Waals surface area contributed by atoms with Crippen LogP contribution < -0.4 is 0 Å². The minimum absolute atomic E-state index is 0.0648. The van der Waals surface area contributed by atoms with Gasteiger partial charge in [0.25, 0.3) is 0 Å². The van der Waals surface area contributed by atoms with E-state index < -0.39 is 0 Å². The lowest BCUT2D eigenvalue weighted by molar-refractivity contribution is -0.135. The smallest absolute Gasteiger partial charge is 0.223 e. The molecule has 2 saturated heterocycles. The number of carbonyl (C=O) groups excluding carboxylic acids is 2. The molecule has 1 aromatic carbocycles. The van der Waals surface area contributed by atoms with Crippen molar-refractivity contribution < 1.29 is 9.59 Å². The van der Waals surface area contributed by atoms with E-state index in [4.69, 9.17) is 0 Å². The standard InChI is InChI=1S/C22H33N3O2/c1-23-15-17-24(18-16-23)14-12-20-9-5-6-13-25(20)22(27)11-10-21(26)19-7-3-2-4-8-19/h2-4,7-8,20H,5-6,9-18H2,1H3/t20-/m0/s1. The van der Waals surface area contributed by atoms with Gasteiger partial charge in [0, 0.05) is 63.7 Å². The molecule has 0 aliphatic carbocycles. The molecule has 2 aliphatic heterocycles. The largest absolute Gasteiger partial charge is 0.340 e. The number of likely N-dealkylation sites (tertiary alicyclic amines) is 1. The quantitative estimate of drug-likeness (QED) is 0.691. The van der Waals surface area contributed by atoms with Gasteiger partial charge >= 0.3 is 0 Å². The summed E-state index contributed by atoms with van der Waals surface area (Å²) in [5.41, 5.74) is 0.704. The van der Waals surface area contributed by atoms with Gasteiger partial charge in [-0.2, -0.15) is 0 Å². The number of piperazine rings is 1. The molecule has 2 aliphatic rings.